The van der Waals surface area contributed by atoms with Crippen LogP contribution in [0.3, 0.4) is 0 Å². The first kappa shape index (κ1) is 19.0. The Hall–Kier alpha value is -2.37. The van der Waals surface area contributed by atoms with E-state index in [0.29, 0.717) is 5.02 Å². The molecule has 1 amide bonds. The molecule has 5 nitrogen and oxygen atoms in total. The first-order valence-electron chi connectivity index (χ1n) is 7.96. The van der Waals surface area contributed by atoms with Crippen molar-refractivity contribution < 1.29 is 14.3 Å². The van der Waals surface area contributed by atoms with Crippen LogP contribution in [0, 0.1) is 0 Å². The molecule has 0 heterocycles. The molecular weight excluding hydrogens is 340 g/mol. The number of carbonyl (C=O) groups excluding carboxylic acids is 2. The summed E-state index contributed by atoms with van der Waals surface area (Å²) in [7, 11) is 0. The van der Waals surface area contributed by atoms with Gasteiger partial charge in [-0.2, -0.15) is 0 Å². The van der Waals surface area contributed by atoms with Crippen molar-refractivity contribution in [2.24, 2.45) is 5.73 Å². The van der Waals surface area contributed by atoms with Crippen LogP contribution in [0.1, 0.15) is 30.5 Å². The third-order valence-corrected chi connectivity index (χ3v) is 3.91. The van der Waals surface area contributed by atoms with Crippen molar-refractivity contribution in [2.75, 3.05) is 0 Å². The van der Waals surface area contributed by atoms with Gasteiger partial charge in [0.25, 0.3) is 0 Å². The molecule has 3 N–H and O–H groups in total. The van der Waals surface area contributed by atoms with E-state index in [1.165, 1.54) is 0 Å². The molecule has 0 spiro atoms. The van der Waals surface area contributed by atoms with Crippen LogP contribution < -0.4 is 11.1 Å². The van der Waals surface area contributed by atoms with Crippen molar-refractivity contribution in [3.8, 4) is 0 Å². The number of halogens is 1. The zero-order valence-corrected chi connectivity index (χ0v) is 14.7. The summed E-state index contributed by atoms with van der Waals surface area (Å²) in [5.74, 6) is -0.925. The monoisotopic (exact) mass is 360 g/mol. The summed E-state index contributed by atoms with van der Waals surface area (Å²) in [4.78, 5) is 24.0. The second-order valence-electron chi connectivity index (χ2n) is 5.74. The highest BCUT2D eigenvalue weighted by atomic mass is 35.5. The maximum absolute atomic E-state index is 12.1. The van der Waals surface area contributed by atoms with E-state index in [1.54, 1.807) is 18.2 Å². The summed E-state index contributed by atoms with van der Waals surface area (Å²) < 4.78 is 5.14. The molecule has 2 aromatic carbocycles. The van der Waals surface area contributed by atoms with Gasteiger partial charge in [0.2, 0.25) is 5.91 Å². The Bertz CT molecular complexity index is 722. The van der Waals surface area contributed by atoms with Crippen LogP contribution in [0.15, 0.2) is 54.6 Å². The summed E-state index contributed by atoms with van der Waals surface area (Å²) in [6.45, 7) is 1.98. The van der Waals surface area contributed by atoms with Gasteiger partial charge in [0.1, 0.15) is 6.61 Å². The minimum Gasteiger partial charge on any atom is -0.461 e. The van der Waals surface area contributed by atoms with Gasteiger partial charge in [-0.1, -0.05) is 54.1 Å². The lowest BCUT2D eigenvalue weighted by Gasteiger charge is -2.18. The number of hydrogen-bond donors (Lipinski definition) is 2. The molecule has 0 saturated carbocycles. The van der Waals surface area contributed by atoms with Gasteiger partial charge in [-0.3, -0.25) is 9.59 Å². The Morgan fingerprint density at radius 3 is 2.56 bits per heavy atom. The molecule has 0 saturated heterocycles. The molecule has 0 radical (unpaired) electrons. The number of benzene rings is 2. The maximum Gasteiger partial charge on any atom is 0.308 e. The fourth-order valence-electron chi connectivity index (χ4n) is 2.25. The lowest BCUT2D eigenvalue weighted by atomic mass is 10.1. The van der Waals surface area contributed by atoms with Gasteiger partial charge in [-0.05, 0) is 30.2 Å². The molecule has 0 aromatic heterocycles. The molecule has 6 heteroatoms. The lowest BCUT2D eigenvalue weighted by Crippen LogP contribution is -2.43. The molecule has 2 rings (SSSR count). The van der Waals surface area contributed by atoms with Crippen LogP contribution in [0.25, 0.3) is 0 Å². The average Bonchev–Trinajstić information content (AvgIpc) is 2.60. The van der Waals surface area contributed by atoms with Crippen molar-refractivity contribution >= 4 is 23.5 Å². The van der Waals surface area contributed by atoms with Crippen LogP contribution in [0.4, 0.5) is 0 Å². The highest BCUT2D eigenvalue weighted by molar-refractivity contribution is 6.30. The van der Waals surface area contributed by atoms with Gasteiger partial charge < -0.3 is 15.8 Å². The number of hydrogen-bond acceptors (Lipinski definition) is 4. The average molecular weight is 361 g/mol. The zero-order chi connectivity index (χ0) is 18.2. The van der Waals surface area contributed by atoms with E-state index in [-0.39, 0.29) is 19.1 Å². The number of nitrogens with one attached hydrogen (secondary N) is 1. The molecule has 132 valence electrons. The Morgan fingerprint density at radius 1 is 1.16 bits per heavy atom. The summed E-state index contributed by atoms with van der Waals surface area (Å²) in [6, 6.07) is 15.3. The third-order valence-electron chi connectivity index (χ3n) is 3.67. The molecule has 1 unspecified atom stereocenters. The maximum atomic E-state index is 12.1. The minimum atomic E-state index is -0.968. The van der Waals surface area contributed by atoms with Gasteiger partial charge in [0.15, 0.2) is 0 Å². The van der Waals surface area contributed by atoms with Crippen molar-refractivity contribution in [3.63, 3.8) is 0 Å². The summed E-state index contributed by atoms with van der Waals surface area (Å²) in [6.07, 6.45) is -0.180. The van der Waals surface area contributed by atoms with E-state index in [2.05, 4.69) is 5.32 Å². The number of esters is 1. The van der Waals surface area contributed by atoms with Crippen molar-refractivity contribution in [1.29, 1.82) is 0 Å². The molecule has 0 aliphatic carbocycles. The molecule has 2 aromatic rings. The quantitative estimate of drug-likeness (QED) is 0.744. The molecule has 2 atom stereocenters. The summed E-state index contributed by atoms with van der Waals surface area (Å²) >= 11 is 5.94. The molecule has 0 fully saturated rings. The molecular formula is C19H21ClN2O3. The van der Waals surface area contributed by atoms with Gasteiger partial charge in [-0.15, -0.1) is 0 Å². The fraction of sp³-hybridized carbons (Fsp3) is 0.263. The van der Waals surface area contributed by atoms with Crippen LogP contribution >= 0.6 is 11.6 Å². The van der Waals surface area contributed by atoms with E-state index >= 15 is 0 Å². The van der Waals surface area contributed by atoms with Crippen molar-refractivity contribution in [1.82, 2.24) is 5.32 Å². The van der Waals surface area contributed by atoms with Gasteiger partial charge in [0.05, 0.1) is 18.5 Å². The number of amides is 1. The van der Waals surface area contributed by atoms with E-state index in [0.717, 1.165) is 11.1 Å². The molecule has 25 heavy (non-hydrogen) atoms. The SMILES string of the molecule is CC(NC(=O)[C@@H](N)CC(=O)OCc1ccccc1)c1cccc(Cl)c1. The summed E-state index contributed by atoms with van der Waals surface area (Å²) in [5.41, 5.74) is 7.54. The fourth-order valence-corrected chi connectivity index (χ4v) is 2.45. The van der Waals surface area contributed by atoms with Gasteiger partial charge in [-0.25, -0.2) is 0 Å². The highest BCUT2D eigenvalue weighted by Crippen LogP contribution is 2.17. The van der Waals surface area contributed by atoms with E-state index in [4.69, 9.17) is 22.1 Å². The van der Waals surface area contributed by atoms with E-state index in [1.807, 2.05) is 43.3 Å². The number of rotatable bonds is 7. The third kappa shape index (κ3) is 6.21. The smallest absolute Gasteiger partial charge is 0.308 e. The van der Waals surface area contributed by atoms with Crippen LogP contribution in [-0.4, -0.2) is 17.9 Å². The number of nitrogens with two attached hydrogens (primary N) is 1. The summed E-state index contributed by atoms with van der Waals surface area (Å²) in [5, 5.41) is 3.36. The Balaban J connectivity index is 1.80. The Morgan fingerprint density at radius 2 is 1.88 bits per heavy atom. The van der Waals surface area contributed by atoms with Crippen LogP contribution in [0.2, 0.25) is 5.02 Å². The first-order valence-corrected chi connectivity index (χ1v) is 8.34. The Kier molecular flexibility index (Phi) is 6.98. The normalized spacial score (nSPS) is 12.9. The lowest BCUT2D eigenvalue weighted by molar-refractivity contribution is -0.146. The predicted molar refractivity (Wildman–Crippen MR) is 96.8 cm³/mol. The Labute approximate surface area is 152 Å². The standard InChI is InChI=1S/C19H21ClN2O3/c1-13(15-8-5-9-16(20)10-15)22-19(24)17(21)11-18(23)25-12-14-6-3-2-4-7-14/h2-10,13,17H,11-12,21H2,1H3,(H,22,24)/t13?,17-/m0/s1. The second kappa shape index (κ2) is 9.20. The minimum absolute atomic E-state index is 0.160. The zero-order valence-electron chi connectivity index (χ0n) is 13.9. The molecule has 0 bridgehead atoms. The largest absolute Gasteiger partial charge is 0.461 e. The molecule has 0 aliphatic rings. The van der Waals surface area contributed by atoms with E-state index < -0.39 is 17.9 Å². The second-order valence-corrected chi connectivity index (χ2v) is 6.18. The first-order chi connectivity index (χ1) is 12.0. The number of carbonyl (C=O) groups is 2. The predicted octanol–water partition coefficient (Wildman–Crippen LogP) is 2.98. The van der Waals surface area contributed by atoms with Crippen molar-refractivity contribution in [3.05, 3.63) is 70.7 Å². The number of ether oxygens (including phenoxy) is 1. The topological polar surface area (TPSA) is 81.4 Å². The van der Waals surface area contributed by atoms with Gasteiger partial charge in [0, 0.05) is 5.02 Å². The highest BCUT2D eigenvalue weighted by Gasteiger charge is 2.20. The van der Waals surface area contributed by atoms with E-state index in [9.17, 15) is 9.59 Å². The van der Waals surface area contributed by atoms with Crippen LogP contribution in [-0.2, 0) is 20.9 Å². The molecule has 0 aliphatic heterocycles. The van der Waals surface area contributed by atoms with Crippen LogP contribution in [0.5, 0.6) is 0 Å². The van der Waals surface area contributed by atoms with Gasteiger partial charge >= 0.3 is 5.97 Å². The van der Waals surface area contributed by atoms with Crippen molar-refractivity contribution in [2.45, 2.75) is 32.0 Å².